The highest BCUT2D eigenvalue weighted by atomic mass is 16.7. The molecule has 0 aliphatic carbocycles. The van der Waals surface area contributed by atoms with Crippen molar-refractivity contribution < 1.29 is 49.3 Å². The van der Waals surface area contributed by atoms with Crippen LogP contribution in [-0.2, 0) is 23.8 Å². The van der Waals surface area contributed by atoms with Crippen molar-refractivity contribution in [2.45, 2.75) is 352 Å². The van der Waals surface area contributed by atoms with Gasteiger partial charge in [-0.05, 0) is 77.0 Å². The first-order chi connectivity index (χ1) is 37.2. The molecule has 1 heterocycles. The van der Waals surface area contributed by atoms with Gasteiger partial charge in [-0.3, -0.25) is 9.59 Å². The van der Waals surface area contributed by atoms with Gasteiger partial charge in [0.1, 0.15) is 24.4 Å². The van der Waals surface area contributed by atoms with E-state index in [9.17, 15) is 35.1 Å². The monoisotopic (exact) mass is 1080 g/mol. The summed E-state index contributed by atoms with van der Waals surface area (Å²) in [6.07, 6.45) is 53.2. The van der Waals surface area contributed by atoms with Crippen LogP contribution in [0.25, 0.3) is 0 Å². The van der Waals surface area contributed by atoms with Crippen LogP contribution in [0, 0.1) is 0 Å². The standard InChI is InChI=1S/C65H121NO10/c1-4-7-10-13-16-19-22-25-27-29-30-31-33-35-38-41-44-47-50-53-60(70)76-63-62(72)61(71)59(54-67)75-65(63)74-55-56(57(68)51-48-45-42-39-36-24-21-18-15-12-9-6-3)66-64(73)58(69)52-49-46-43-40-37-34-32-28-26-23-20-17-14-11-8-5-2/h25-28,48,51,56-59,61-63,65,67-69,71-72H,4-24,29-47,49-50,52-55H2,1-3H3,(H,66,73)/b27-25+,28-26+,51-48+. The van der Waals surface area contributed by atoms with Crippen molar-refractivity contribution in [3.63, 3.8) is 0 Å². The summed E-state index contributed by atoms with van der Waals surface area (Å²) >= 11 is 0. The number of ether oxygens (including phenoxy) is 3. The molecule has 1 aliphatic heterocycles. The number of nitrogens with one attached hydrogen (secondary N) is 1. The molecule has 76 heavy (non-hydrogen) atoms. The summed E-state index contributed by atoms with van der Waals surface area (Å²) in [5, 5.41) is 57.0. The fraction of sp³-hybridized carbons (Fsp3) is 0.877. The molecular weight excluding hydrogens is 955 g/mol. The Bertz CT molecular complexity index is 1380. The van der Waals surface area contributed by atoms with E-state index in [2.05, 4.69) is 50.4 Å². The second-order valence-electron chi connectivity index (χ2n) is 22.5. The molecule has 0 aromatic carbocycles. The van der Waals surface area contributed by atoms with Gasteiger partial charge in [-0.25, -0.2) is 0 Å². The Labute approximate surface area is 466 Å². The lowest BCUT2D eigenvalue weighted by molar-refractivity contribution is -0.305. The van der Waals surface area contributed by atoms with Gasteiger partial charge < -0.3 is 45.1 Å². The fourth-order valence-electron chi connectivity index (χ4n) is 10.1. The van der Waals surface area contributed by atoms with Crippen molar-refractivity contribution in [2.75, 3.05) is 13.2 Å². The minimum absolute atomic E-state index is 0.123. The smallest absolute Gasteiger partial charge is 0.306 e. The van der Waals surface area contributed by atoms with Crippen LogP contribution in [0.4, 0.5) is 0 Å². The van der Waals surface area contributed by atoms with E-state index in [1.54, 1.807) is 6.08 Å². The van der Waals surface area contributed by atoms with Crippen molar-refractivity contribution in [1.29, 1.82) is 0 Å². The lowest BCUT2D eigenvalue weighted by Gasteiger charge is -2.41. The van der Waals surface area contributed by atoms with E-state index in [-0.39, 0.29) is 19.4 Å². The average molecular weight is 1080 g/mol. The van der Waals surface area contributed by atoms with E-state index in [1.165, 1.54) is 186 Å². The van der Waals surface area contributed by atoms with Gasteiger partial charge in [0.25, 0.3) is 0 Å². The van der Waals surface area contributed by atoms with E-state index in [0.29, 0.717) is 12.8 Å². The molecule has 1 saturated heterocycles. The van der Waals surface area contributed by atoms with E-state index >= 15 is 0 Å². The van der Waals surface area contributed by atoms with Crippen LogP contribution in [0.2, 0.25) is 0 Å². The maximum absolute atomic E-state index is 13.4. The van der Waals surface area contributed by atoms with Gasteiger partial charge in [-0.2, -0.15) is 0 Å². The molecule has 0 radical (unpaired) electrons. The third kappa shape index (κ3) is 41.0. The lowest BCUT2D eigenvalue weighted by Crippen LogP contribution is -2.61. The Morgan fingerprint density at radius 3 is 1.28 bits per heavy atom. The molecule has 0 saturated carbocycles. The second kappa shape index (κ2) is 53.5. The molecule has 8 atom stereocenters. The summed E-state index contributed by atoms with van der Waals surface area (Å²) < 4.78 is 17.6. The minimum atomic E-state index is -1.61. The number of rotatable bonds is 55. The molecule has 446 valence electrons. The van der Waals surface area contributed by atoms with Gasteiger partial charge in [0.15, 0.2) is 12.4 Å². The Morgan fingerprint density at radius 1 is 0.500 bits per heavy atom. The Kier molecular flexibility index (Phi) is 50.6. The van der Waals surface area contributed by atoms with Gasteiger partial charge in [0, 0.05) is 6.42 Å². The number of carbonyl (C=O) groups is 2. The number of carbonyl (C=O) groups excluding carboxylic acids is 2. The molecule has 11 nitrogen and oxygen atoms in total. The van der Waals surface area contributed by atoms with Gasteiger partial charge >= 0.3 is 5.97 Å². The lowest BCUT2D eigenvalue weighted by atomic mass is 9.99. The first-order valence-electron chi connectivity index (χ1n) is 32.3. The molecule has 0 bridgehead atoms. The number of aliphatic hydroxyl groups excluding tert-OH is 5. The van der Waals surface area contributed by atoms with Crippen molar-refractivity contribution >= 4 is 11.9 Å². The largest absolute Gasteiger partial charge is 0.454 e. The highest BCUT2D eigenvalue weighted by molar-refractivity contribution is 5.80. The molecule has 6 N–H and O–H groups in total. The van der Waals surface area contributed by atoms with Crippen LogP contribution in [0.3, 0.4) is 0 Å². The molecule has 0 spiro atoms. The van der Waals surface area contributed by atoms with Crippen LogP contribution >= 0.6 is 0 Å². The number of unbranched alkanes of at least 4 members (excludes halogenated alkanes) is 37. The van der Waals surface area contributed by atoms with Gasteiger partial charge in [0.2, 0.25) is 5.91 Å². The average Bonchev–Trinajstić information content (AvgIpc) is 3.42. The summed E-state index contributed by atoms with van der Waals surface area (Å²) in [5.74, 6) is -1.19. The number of amides is 1. The Balaban J connectivity index is 2.65. The topological polar surface area (TPSA) is 175 Å². The molecule has 1 fully saturated rings. The highest BCUT2D eigenvalue weighted by Gasteiger charge is 2.47. The van der Waals surface area contributed by atoms with Crippen LogP contribution in [0.1, 0.15) is 303 Å². The molecule has 0 aromatic heterocycles. The van der Waals surface area contributed by atoms with E-state index in [1.807, 2.05) is 6.08 Å². The summed E-state index contributed by atoms with van der Waals surface area (Å²) in [5.41, 5.74) is 0. The predicted octanol–water partition coefficient (Wildman–Crippen LogP) is 15.5. The van der Waals surface area contributed by atoms with E-state index in [4.69, 9.17) is 14.2 Å². The van der Waals surface area contributed by atoms with Crippen molar-refractivity contribution in [2.24, 2.45) is 0 Å². The van der Waals surface area contributed by atoms with E-state index in [0.717, 1.165) is 70.6 Å². The minimum Gasteiger partial charge on any atom is -0.454 e. The van der Waals surface area contributed by atoms with Crippen LogP contribution < -0.4 is 5.32 Å². The number of esters is 1. The highest BCUT2D eigenvalue weighted by Crippen LogP contribution is 2.26. The summed E-state index contributed by atoms with van der Waals surface area (Å²) in [6.45, 7) is 5.80. The van der Waals surface area contributed by atoms with Gasteiger partial charge in [-0.15, -0.1) is 0 Å². The third-order valence-corrected chi connectivity index (χ3v) is 15.3. The zero-order chi connectivity index (χ0) is 55.4. The maximum Gasteiger partial charge on any atom is 0.306 e. The maximum atomic E-state index is 13.4. The molecule has 1 aliphatic rings. The van der Waals surface area contributed by atoms with Crippen LogP contribution in [0.5, 0.6) is 0 Å². The Hall–Kier alpha value is -2.12. The number of hydrogen-bond acceptors (Lipinski definition) is 10. The van der Waals surface area contributed by atoms with Crippen LogP contribution in [-0.4, -0.2) is 99.6 Å². The van der Waals surface area contributed by atoms with Gasteiger partial charge in [0.05, 0.1) is 25.4 Å². The fourth-order valence-corrected chi connectivity index (χ4v) is 10.1. The first kappa shape index (κ1) is 71.9. The second-order valence-corrected chi connectivity index (χ2v) is 22.5. The summed E-state index contributed by atoms with van der Waals surface area (Å²) in [4.78, 5) is 26.6. The summed E-state index contributed by atoms with van der Waals surface area (Å²) in [6, 6.07) is -1.02. The van der Waals surface area contributed by atoms with Crippen LogP contribution in [0.15, 0.2) is 36.5 Å². The SMILES string of the molecule is CCCCCCCC/C=C/CCCCCCCCCCCC(=O)OC1C(OCC(NC(=O)C(O)CCCCCCCC/C=C/CCCCCCCC)C(O)/C=C/CCCCCCCCCCCC)OC(CO)C(O)C1O. The molecular formula is C65H121NO10. The first-order valence-corrected chi connectivity index (χ1v) is 32.3. The quantitative estimate of drug-likeness (QED) is 0.0195. The molecule has 0 aromatic rings. The predicted molar refractivity (Wildman–Crippen MR) is 315 cm³/mol. The molecule has 1 rings (SSSR count). The van der Waals surface area contributed by atoms with Gasteiger partial charge in [-0.1, -0.05) is 256 Å². The number of aliphatic hydroxyl groups is 5. The van der Waals surface area contributed by atoms with Crippen molar-refractivity contribution in [1.82, 2.24) is 5.32 Å². The zero-order valence-corrected chi connectivity index (χ0v) is 49.4. The Morgan fingerprint density at radius 2 is 0.868 bits per heavy atom. The molecule has 1 amide bonds. The third-order valence-electron chi connectivity index (χ3n) is 15.3. The zero-order valence-electron chi connectivity index (χ0n) is 49.4. The van der Waals surface area contributed by atoms with E-state index < -0.39 is 67.4 Å². The van der Waals surface area contributed by atoms with Crippen molar-refractivity contribution in [3.05, 3.63) is 36.5 Å². The van der Waals surface area contributed by atoms with Crippen molar-refractivity contribution in [3.8, 4) is 0 Å². The number of allylic oxidation sites excluding steroid dienone is 5. The molecule has 8 unspecified atom stereocenters. The summed E-state index contributed by atoms with van der Waals surface area (Å²) in [7, 11) is 0. The normalized spacial score (nSPS) is 19.3. The number of hydrogen-bond donors (Lipinski definition) is 6. The molecule has 11 heteroatoms.